The van der Waals surface area contributed by atoms with E-state index in [0.717, 1.165) is 5.69 Å². The molecule has 5 heteroatoms. The summed E-state index contributed by atoms with van der Waals surface area (Å²) in [5.74, 6) is 5.96. The predicted octanol–water partition coefficient (Wildman–Crippen LogP) is 1.73. The molecule has 0 saturated carbocycles. The van der Waals surface area contributed by atoms with E-state index in [1.807, 2.05) is 51.1 Å². The van der Waals surface area contributed by atoms with Gasteiger partial charge in [0.25, 0.3) is 0 Å². The summed E-state index contributed by atoms with van der Waals surface area (Å²) in [5.41, 5.74) is 3.19. The first kappa shape index (κ1) is 14.5. The van der Waals surface area contributed by atoms with Crippen LogP contribution in [0, 0.1) is 0 Å². The molecule has 0 aliphatic carbocycles. The minimum absolute atomic E-state index is 0.296. The Morgan fingerprint density at radius 1 is 1.33 bits per heavy atom. The lowest BCUT2D eigenvalue weighted by atomic mass is 10.1. The summed E-state index contributed by atoms with van der Waals surface area (Å²) in [7, 11) is 0. The van der Waals surface area contributed by atoms with Crippen molar-refractivity contribution in [2.45, 2.75) is 26.4 Å². The first-order valence-electron chi connectivity index (χ1n) is 6.04. The SMILES string of the molecule is CCOC(C)(C)CN=C(NN)Nc1ccccc1. The predicted molar refractivity (Wildman–Crippen MR) is 75.4 cm³/mol. The fraction of sp³-hybridized carbons (Fsp3) is 0.462. The van der Waals surface area contributed by atoms with Crippen molar-refractivity contribution in [3.8, 4) is 0 Å². The third-order valence-corrected chi connectivity index (χ3v) is 2.33. The number of aliphatic imine (C=N–C) groups is 1. The van der Waals surface area contributed by atoms with Crippen LogP contribution >= 0.6 is 0 Å². The molecule has 18 heavy (non-hydrogen) atoms. The summed E-state index contributed by atoms with van der Waals surface area (Å²) in [6.07, 6.45) is 0. The number of nitrogens with one attached hydrogen (secondary N) is 2. The molecule has 0 heterocycles. The van der Waals surface area contributed by atoms with Gasteiger partial charge in [0.15, 0.2) is 0 Å². The van der Waals surface area contributed by atoms with Gasteiger partial charge in [-0.05, 0) is 32.9 Å². The van der Waals surface area contributed by atoms with Crippen LogP contribution in [0.15, 0.2) is 35.3 Å². The molecule has 1 aromatic carbocycles. The van der Waals surface area contributed by atoms with Gasteiger partial charge in [0.05, 0.1) is 12.1 Å². The van der Waals surface area contributed by atoms with Gasteiger partial charge in [-0.1, -0.05) is 18.2 Å². The van der Waals surface area contributed by atoms with Crippen molar-refractivity contribution in [2.75, 3.05) is 18.5 Å². The van der Waals surface area contributed by atoms with E-state index in [1.54, 1.807) is 0 Å². The Labute approximate surface area is 108 Å². The zero-order chi connectivity index (χ0) is 13.4. The molecule has 0 atom stereocenters. The average molecular weight is 250 g/mol. The molecular weight excluding hydrogens is 228 g/mol. The lowest BCUT2D eigenvalue weighted by Crippen LogP contribution is -2.38. The zero-order valence-corrected chi connectivity index (χ0v) is 11.2. The Kier molecular flexibility index (Phi) is 5.61. The molecule has 0 aliphatic rings. The van der Waals surface area contributed by atoms with Crippen LogP contribution in [0.4, 0.5) is 5.69 Å². The standard InChI is InChI=1S/C13H22N4O/c1-4-18-13(2,3)10-15-12(17-14)16-11-8-6-5-7-9-11/h5-9H,4,10,14H2,1-3H3,(H2,15,16,17). The Hall–Kier alpha value is -1.59. The highest BCUT2D eigenvalue weighted by Crippen LogP contribution is 2.09. The molecule has 0 unspecified atom stereocenters. The summed E-state index contributed by atoms with van der Waals surface area (Å²) in [6.45, 7) is 7.16. The molecule has 1 rings (SSSR count). The number of hydrazine groups is 1. The summed E-state index contributed by atoms with van der Waals surface area (Å²) in [5, 5.41) is 3.10. The second kappa shape index (κ2) is 6.98. The Bertz CT molecular complexity index is 376. The highest BCUT2D eigenvalue weighted by molar-refractivity contribution is 5.93. The number of hydrogen-bond acceptors (Lipinski definition) is 3. The number of rotatable bonds is 5. The van der Waals surface area contributed by atoms with E-state index in [4.69, 9.17) is 10.6 Å². The van der Waals surface area contributed by atoms with Gasteiger partial charge >= 0.3 is 0 Å². The topological polar surface area (TPSA) is 71.7 Å². The Morgan fingerprint density at radius 3 is 2.56 bits per heavy atom. The maximum Gasteiger partial charge on any atom is 0.210 e. The minimum atomic E-state index is -0.296. The van der Waals surface area contributed by atoms with Crippen LogP contribution in [-0.4, -0.2) is 24.7 Å². The van der Waals surface area contributed by atoms with E-state index in [1.165, 1.54) is 0 Å². The van der Waals surface area contributed by atoms with Crippen molar-refractivity contribution < 1.29 is 4.74 Å². The van der Waals surface area contributed by atoms with E-state index in [0.29, 0.717) is 19.1 Å². The number of nitrogens with two attached hydrogens (primary N) is 1. The highest BCUT2D eigenvalue weighted by Gasteiger charge is 2.17. The van der Waals surface area contributed by atoms with Crippen LogP contribution in [0.3, 0.4) is 0 Å². The van der Waals surface area contributed by atoms with Gasteiger partial charge < -0.3 is 10.1 Å². The van der Waals surface area contributed by atoms with Crippen LogP contribution in [0.25, 0.3) is 0 Å². The molecule has 4 N–H and O–H groups in total. The Morgan fingerprint density at radius 2 is 2.00 bits per heavy atom. The van der Waals surface area contributed by atoms with Gasteiger partial charge in [-0.2, -0.15) is 0 Å². The number of ether oxygens (including phenoxy) is 1. The molecule has 0 radical (unpaired) electrons. The molecular formula is C13H22N4O. The van der Waals surface area contributed by atoms with Crippen LogP contribution in [-0.2, 0) is 4.74 Å². The van der Waals surface area contributed by atoms with Crippen LogP contribution < -0.4 is 16.6 Å². The van der Waals surface area contributed by atoms with Crippen molar-refractivity contribution in [3.63, 3.8) is 0 Å². The molecule has 0 fully saturated rings. The third kappa shape index (κ3) is 5.16. The Balaban J connectivity index is 2.61. The second-order valence-electron chi connectivity index (χ2n) is 4.49. The van der Waals surface area contributed by atoms with E-state index in [-0.39, 0.29) is 5.60 Å². The maximum atomic E-state index is 5.57. The number of hydrogen-bond donors (Lipinski definition) is 3. The van der Waals surface area contributed by atoms with Crippen LogP contribution in [0.1, 0.15) is 20.8 Å². The molecule has 0 aliphatic heterocycles. The highest BCUT2D eigenvalue weighted by atomic mass is 16.5. The quantitative estimate of drug-likeness (QED) is 0.322. The van der Waals surface area contributed by atoms with Gasteiger partial charge in [0.1, 0.15) is 0 Å². The number of guanidine groups is 1. The first-order chi connectivity index (χ1) is 8.57. The van der Waals surface area contributed by atoms with E-state index >= 15 is 0 Å². The van der Waals surface area contributed by atoms with Crippen LogP contribution in [0.5, 0.6) is 0 Å². The summed E-state index contributed by atoms with van der Waals surface area (Å²) >= 11 is 0. The van der Waals surface area contributed by atoms with Crippen molar-refractivity contribution in [3.05, 3.63) is 30.3 Å². The van der Waals surface area contributed by atoms with Crippen LogP contribution in [0.2, 0.25) is 0 Å². The second-order valence-corrected chi connectivity index (χ2v) is 4.49. The fourth-order valence-electron chi connectivity index (χ4n) is 1.49. The minimum Gasteiger partial charge on any atom is -0.374 e. The largest absolute Gasteiger partial charge is 0.374 e. The lowest BCUT2D eigenvalue weighted by molar-refractivity contribution is -0.00213. The van der Waals surface area contributed by atoms with Gasteiger partial charge in [-0.3, -0.25) is 5.43 Å². The lowest BCUT2D eigenvalue weighted by Gasteiger charge is -2.22. The molecule has 0 spiro atoms. The number of benzene rings is 1. The first-order valence-corrected chi connectivity index (χ1v) is 6.04. The number of anilines is 1. The van der Waals surface area contributed by atoms with Crippen molar-refractivity contribution in [2.24, 2.45) is 10.8 Å². The van der Waals surface area contributed by atoms with Gasteiger partial charge in [0.2, 0.25) is 5.96 Å². The molecule has 5 nitrogen and oxygen atoms in total. The van der Waals surface area contributed by atoms with Gasteiger partial charge in [0, 0.05) is 12.3 Å². The number of nitrogens with zero attached hydrogens (tertiary/aromatic N) is 1. The molecule has 1 aromatic rings. The third-order valence-electron chi connectivity index (χ3n) is 2.33. The maximum absolute atomic E-state index is 5.57. The monoisotopic (exact) mass is 250 g/mol. The van der Waals surface area contributed by atoms with Crippen molar-refractivity contribution in [1.29, 1.82) is 0 Å². The summed E-state index contributed by atoms with van der Waals surface area (Å²) in [6, 6.07) is 9.73. The molecule has 0 bridgehead atoms. The number of para-hydroxylation sites is 1. The van der Waals surface area contributed by atoms with Crippen molar-refractivity contribution >= 4 is 11.6 Å². The van der Waals surface area contributed by atoms with Gasteiger partial charge in [-0.25, -0.2) is 10.8 Å². The molecule has 0 amide bonds. The average Bonchev–Trinajstić information content (AvgIpc) is 2.35. The van der Waals surface area contributed by atoms with Gasteiger partial charge in [-0.15, -0.1) is 0 Å². The zero-order valence-electron chi connectivity index (χ0n) is 11.2. The molecule has 0 saturated heterocycles. The molecule has 100 valence electrons. The fourth-order valence-corrected chi connectivity index (χ4v) is 1.49. The van der Waals surface area contributed by atoms with E-state index < -0.39 is 0 Å². The van der Waals surface area contributed by atoms with E-state index in [9.17, 15) is 0 Å². The van der Waals surface area contributed by atoms with Crippen molar-refractivity contribution in [1.82, 2.24) is 5.43 Å². The summed E-state index contributed by atoms with van der Waals surface area (Å²) in [4.78, 5) is 4.37. The summed E-state index contributed by atoms with van der Waals surface area (Å²) < 4.78 is 5.57. The molecule has 0 aromatic heterocycles. The smallest absolute Gasteiger partial charge is 0.210 e. The van der Waals surface area contributed by atoms with E-state index in [2.05, 4.69) is 15.7 Å². The normalized spacial score (nSPS) is 12.3.